The summed E-state index contributed by atoms with van der Waals surface area (Å²) in [7, 11) is 0. The van der Waals surface area contributed by atoms with Crippen molar-refractivity contribution < 1.29 is 5.11 Å². The highest BCUT2D eigenvalue weighted by atomic mass is 32.2. The standard InChI is InChI=1S/C16H16OS2/c1-12-5-6-15(10-13(12)2)19-11-16-14(4-3-8-17)7-9-18-16/h5-7,9-10,17H,8,11H2,1-2H3. The van der Waals surface area contributed by atoms with Gasteiger partial charge in [-0.2, -0.15) is 0 Å². The van der Waals surface area contributed by atoms with E-state index in [1.54, 1.807) is 11.3 Å². The summed E-state index contributed by atoms with van der Waals surface area (Å²) in [5.74, 6) is 6.63. The van der Waals surface area contributed by atoms with Gasteiger partial charge in [-0.15, -0.1) is 23.1 Å². The summed E-state index contributed by atoms with van der Waals surface area (Å²) in [5.41, 5.74) is 3.70. The Labute approximate surface area is 122 Å². The van der Waals surface area contributed by atoms with E-state index in [2.05, 4.69) is 49.3 Å². The first kappa shape index (κ1) is 14.2. The Kier molecular flexibility index (Phi) is 5.09. The number of thioether (sulfide) groups is 1. The molecule has 1 aromatic heterocycles. The summed E-state index contributed by atoms with van der Waals surface area (Å²) in [6.45, 7) is 4.19. The van der Waals surface area contributed by atoms with Crippen LogP contribution in [0.3, 0.4) is 0 Å². The van der Waals surface area contributed by atoms with E-state index >= 15 is 0 Å². The fourth-order valence-electron chi connectivity index (χ4n) is 1.65. The zero-order chi connectivity index (χ0) is 13.7. The van der Waals surface area contributed by atoms with E-state index in [0.717, 1.165) is 11.3 Å². The lowest BCUT2D eigenvalue weighted by molar-refractivity contribution is 0.350. The summed E-state index contributed by atoms with van der Waals surface area (Å²) in [6.07, 6.45) is 0. The van der Waals surface area contributed by atoms with Gasteiger partial charge in [0, 0.05) is 21.1 Å². The molecule has 0 bridgehead atoms. The number of benzene rings is 1. The molecule has 0 spiro atoms. The van der Waals surface area contributed by atoms with E-state index in [1.807, 2.05) is 17.8 Å². The summed E-state index contributed by atoms with van der Waals surface area (Å²) >= 11 is 3.55. The first-order valence-electron chi connectivity index (χ1n) is 6.07. The minimum absolute atomic E-state index is 0.0837. The number of aryl methyl sites for hydroxylation is 2. The van der Waals surface area contributed by atoms with Crippen LogP contribution < -0.4 is 0 Å². The van der Waals surface area contributed by atoms with E-state index in [1.165, 1.54) is 20.9 Å². The molecule has 0 aliphatic carbocycles. The van der Waals surface area contributed by atoms with E-state index in [-0.39, 0.29) is 6.61 Å². The van der Waals surface area contributed by atoms with Gasteiger partial charge in [-0.1, -0.05) is 17.9 Å². The SMILES string of the molecule is Cc1ccc(SCc2sccc2C#CCO)cc1C. The van der Waals surface area contributed by atoms with Gasteiger partial charge in [0.2, 0.25) is 0 Å². The number of aliphatic hydroxyl groups is 1. The number of hydrogen-bond acceptors (Lipinski definition) is 3. The summed E-state index contributed by atoms with van der Waals surface area (Å²) < 4.78 is 0. The van der Waals surface area contributed by atoms with Crippen molar-refractivity contribution in [2.24, 2.45) is 0 Å². The van der Waals surface area contributed by atoms with Gasteiger partial charge in [-0.05, 0) is 48.6 Å². The normalized spacial score (nSPS) is 10.1. The topological polar surface area (TPSA) is 20.2 Å². The van der Waals surface area contributed by atoms with E-state index in [4.69, 9.17) is 5.11 Å². The van der Waals surface area contributed by atoms with E-state index < -0.39 is 0 Å². The molecule has 0 atom stereocenters. The van der Waals surface area contributed by atoms with Crippen LogP contribution in [-0.4, -0.2) is 11.7 Å². The van der Waals surface area contributed by atoms with Crippen molar-refractivity contribution in [3.8, 4) is 11.8 Å². The fraction of sp³-hybridized carbons (Fsp3) is 0.250. The zero-order valence-corrected chi connectivity index (χ0v) is 12.7. The first-order chi connectivity index (χ1) is 9.20. The molecule has 0 fully saturated rings. The molecule has 0 aliphatic rings. The summed E-state index contributed by atoms with van der Waals surface area (Å²) in [5, 5.41) is 10.8. The minimum Gasteiger partial charge on any atom is -0.384 e. The lowest BCUT2D eigenvalue weighted by Gasteiger charge is -2.04. The second-order valence-corrected chi connectivity index (χ2v) is 6.30. The molecule has 0 saturated heterocycles. The molecule has 1 heterocycles. The predicted octanol–water partition coefficient (Wildman–Crippen LogP) is 4.00. The Morgan fingerprint density at radius 3 is 2.79 bits per heavy atom. The molecule has 3 heteroatoms. The highest BCUT2D eigenvalue weighted by molar-refractivity contribution is 7.98. The molecule has 19 heavy (non-hydrogen) atoms. The number of rotatable bonds is 3. The van der Waals surface area contributed by atoms with Gasteiger partial charge in [0.1, 0.15) is 6.61 Å². The first-order valence-corrected chi connectivity index (χ1v) is 7.93. The molecule has 0 aliphatic heterocycles. The van der Waals surface area contributed by atoms with Gasteiger partial charge in [0.05, 0.1) is 0 Å². The second-order valence-electron chi connectivity index (χ2n) is 4.25. The molecule has 0 unspecified atom stereocenters. The summed E-state index contributed by atoms with van der Waals surface area (Å²) in [6, 6.07) is 8.58. The largest absolute Gasteiger partial charge is 0.384 e. The van der Waals surface area contributed by atoms with Gasteiger partial charge in [0.25, 0.3) is 0 Å². The molecule has 1 nitrogen and oxygen atoms in total. The van der Waals surface area contributed by atoms with Gasteiger partial charge >= 0.3 is 0 Å². The number of hydrogen-bond donors (Lipinski definition) is 1. The Morgan fingerprint density at radius 1 is 1.21 bits per heavy atom. The van der Waals surface area contributed by atoms with Crippen LogP contribution in [0.1, 0.15) is 21.6 Å². The summed E-state index contributed by atoms with van der Waals surface area (Å²) in [4.78, 5) is 2.56. The lowest BCUT2D eigenvalue weighted by atomic mass is 10.1. The molecular weight excluding hydrogens is 272 g/mol. The van der Waals surface area contributed by atoms with E-state index in [9.17, 15) is 0 Å². The molecule has 0 saturated carbocycles. The predicted molar refractivity (Wildman–Crippen MR) is 83.8 cm³/mol. The molecule has 0 amide bonds. The third-order valence-electron chi connectivity index (χ3n) is 2.90. The lowest BCUT2D eigenvalue weighted by Crippen LogP contribution is -1.84. The number of aliphatic hydroxyl groups excluding tert-OH is 1. The zero-order valence-electron chi connectivity index (χ0n) is 11.1. The average Bonchev–Trinajstić information content (AvgIpc) is 2.85. The van der Waals surface area contributed by atoms with Crippen molar-refractivity contribution in [2.45, 2.75) is 24.5 Å². The molecule has 1 aromatic carbocycles. The molecule has 2 rings (SSSR count). The third-order valence-corrected chi connectivity index (χ3v) is 5.02. The second kappa shape index (κ2) is 6.81. The monoisotopic (exact) mass is 288 g/mol. The van der Waals surface area contributed by atoms with Crippen LogP contribution in [0.15, 0.2) is 34.5 Å². The maximum absolute atomic E-state index is 8.74. The van der Waals surface area contributed by atoms with Crippen LogP contribution in [0.5, 0.6) is 0 Å². The van der Waals surface area contributed by atoms with Crippen LogP contribution >= 0.6 is 23.1 Å². The van der Waals surface area contributed by atoms with Gasteiger partial charge in [0.15, 0.2) is 0 Å². The van der Waals surface area contributed by atoms with Crippen molar-refractivity contribution in [3.63, 3.8) is 0 Å². The molecular formula is C16H16OS2. The Balaban J connectivity index is 2.06. The fourth-order valence-corrected chi connectivity index (χ4v) is 3.59. The van der Waals surface area contributed by atoms with Crippen molar-refractivity contribution in [1.29, 1.82) is 0 Å². The van der Waals surface area contributed by atoms with Gasteiger partial charge < -0.3 is 5.11 Å². The average molecular weight is 288 g/mol. The quantitative estimate of drug-likeness (QED) is 0.680. The highest BCUT2D eigenvalue weighted by Gasteiger charge is 2.04. The van der Waals surface area contributed by atoms with Crippen LogP contribution in [0.25, 0.3) is 0 Å². The maximum Gasteiger partial charge on any atom is 0.104 e. The smallest absolute Gasteiger partial charge is 0.104 e. The molecule has 0 radical (unpaired) electrons. The van der Waals surface area contributed by atoms with Crippen LogP contribution in [-0.2, 0) is 5.75 Å². The molecule has 98 valence electrons. The Hall–Kier alpha value is -1.21. The molecule has 1 N–H and O–H groups in total. The van der Waals surface area contributed by atoms with Crippen molar-refractivity contribution in [2.75, 3.05) is 6.61 Å². The maximum atomic E-state index is 8.74. The van der Waals surface area contributed by atoms with Crippen molar-refractivity contribution >= 4 is 23.1 Å². The Morgan fingerprint density at radius 2 is 2.05 bits per heavy atom. The minimum atomic E-state index is -0.0837. The van der Waals surface area contributed by atoms with E-state index in [0.29, 0.717) is 0 Å². The van der Waals surface area contributed by atoms with Crippen LogP contribution in [0, 0.1) is 25.7 Å². The van der Waals surface area contributed by atoms with Gasteiger partial charge in [-0.25, -0.2) is 0 Å². The van der Waals surface area contributed by atoms with Crippen molar-refractivity contribution in [1.82, 2.24) is 0 Å². The van der Waals surface area contributed by atoms with Crippen LogP contribution in [0.4, 0.5) is 0 Å². The number of thiophene rings is 1. The molecule has 2 aromatic rings. The van der Waals surface area contributed by atoms with Crippen LogP contribution in [0.2, 0.25) is 0 Å². The van der Waals surface area contributed by atoms with Crippen molar-refractivity contribution in [3.05, 3.63) is 51.2 Å². The third kappa shape index (κ3) is 3.87. The Bertz CT molecular complexity index is 617. The highest BCUT2D eigenvalue weighted by Crippen LogP contribution is 2.28. The van der Waals surface area contributed by atoms with Gasteiger partial charge in [-0.3, -0.25) is 0 Å².